The van der Waals surface area contributed by atoms with Crippen LogP contribution in [-0.2, 0) is 30.5 Å². The quantitative estimate of drug-likeness (QED) is 0.542. The Balaban J connectivity index is 1.80. The standard InChI is InChI=1S/C21H25NO7/c1-11-16(10-28-13(3)24)19(22-18(11)17(12(2)23)20(22)25)21(26)29-9-14-5-7-15(27-4)8-6-14/h5-8,11-12,17-18,23H,9-10H2,1-4H3/t11-,12+,17+,18+/m0/s1. The first-order valence-corrected chi connectivity index (χ1v) is 9.43. The zero-order valence-electron chi connectivity index (χ0n) is 16.9. The summed E-state index contributed by atoms with van der Waals surface area (Å²) in [5, 5.41) is 9.95. The molecule has 8 heteroatoms. The summed E-state index contributed by atoms with van der Waals surface area (Å²) in [4.78, 5) is 38.1. The summed E-state index contributed by atoms with van der Waals surface area (Å²) in [5.74, 6) is -1.61. The van der Waals surface area contributed by atoms with Crippen molar-refractivity contribution in [2.75, 3.05) is 13.7 Å². The van der Waals surface area contributed by atoms with E-state index in [-0.39, 0.29) is 36.8 Å². The Morgan fingerprint density at radius 1 is 1.17 bits per heavy atom. The van der Waals surface area contributed by atoms with Gasteiger partial charge in [0.25, 0.3) is 0 Å². The molecule has 2 aliphatic heterocycles. The number of fused-ring (bicyclic) bond motifs is 1. The minimum absolute atomic E-state index is 0.0219. The van der Waals surface area contributed by atoms with Crippen LogP contribution in [0.5, 0.6) is 5.75 Å². The molecule has 0 bridgehead atoms. The maximum Gasteiger partial charge on any atom is 0.355 e. The van der Waals surface area contributed by atoms with Gasteiger partial charge in [0.2, 0.25) is 5.91 Å². The van der Waals surface area contributed by atoms with Crippen molar-refractivity contribution in [2.45, 2.75) is 39.5 Å². The number of methoxy groups -OCH3 is 1. The molecule has 2 aliphatic rings. The van der Waals surface area contributed by atoms with Crippen molar-refractivity contribution in [2.24, 2.45) is 11.8 Å². The van der Waals surface area contributed by atoms with Crippen LogP contribution in [0.4, 0.5) is 0 Å². The first kappa shape index (κ1) is 20.9. The number of hydrogen-bond acceptors (Lipinski definition) is 7. The minimum Gasteiger partial charge on any atom is -0.497 e. The molecule has 156 valence electrons. The lowest BCUT2D eigenvalue weighted by atomic mass is 9.78. The molecule has 2 heterocycles. The monoisotopic (exact) mass is 403 g/mol. The maximum absolute atomic E-state index is 12.9. The summed E-state index contributed by atoms with van der Waals surface area (Å²) < 4.78 is 15.6. The van der Waals surface area contributed by atoms with E-state index < -0.39 is 24.0 Å². The molecule has 0 unspecified atom stereocenters. The number of esters is 2. The van der Waals surface area contributed by atoms with Crippen molar-refractivity contribution in [3.8, 4) is 5.75 Å². The molecule has 1 amide bonds. The third kappa shape index (κ3) is 3.85. The number of rotatable bonds is 7. The van der Waals surface area contributed by atoms with Crippen LogP contribution in [0.15, 0.2) is 35.5 Å². The fourth-order valence-corrected chi connectivity index (χ4v) is 3.94. The summed E-state index contributed by atoms with van der Waals surface area (Å²) in [6.07, 6.45) is -0.837. The zero-order valence-corrected chi connectivity index (χ0v) is 16.9. The molecule has 1 aromatic rings. The van der Waals surface area contributed by atoms with Gasteiger partial charge in [0.05, 0.1) is 25.2 Å². The van der Waals surface area contributed by atoms with Gasteiger partial charge < -0.3 is 24.2 Å². The lowest BCUT2D eigenvalue weighted by molar-refractivity contribution is -0.164. The van der Waals surface area contributed by atoms with E-state index in [9.17, 15) is 19.5 Å². The van der Waals surface area contributed by atoms with Gasteiger partial charge in [-0.05, 0) is 24.6 Å². The van der Waals surface area contributed by atoms with Gasteiger partial charge in [-0.2, -0.15) is 0 Å². The predicted octanol–water partition coefficient (Wildman–Crippen LogP) is 1.41. The molecular formula is C21H25NO7. The highest BCUT2D eigenvalue weighted by Crippen LogP contribution is 2.47. The summed E-state index contributed by atoms with van der Waals surface area (Å²) in [6, 6.07) is 6.72. The molecule has 1 aromatic carbocycles. The van der Waals surface area contributed by atoms with E-state index in [1.807, 2.05) is 6.92 Å². The molecule has 3 rings (SSSR count). The SMILES string of the molecule is COc1ccc(COC(=O)C2=C(COC(C)=O)[C@H](C)[C@@H]3[C@@H]([C@@H](C)O)C(=O)N23)cc1. The average molecular weight is 403 g/mol. The maximum atomic E-state index is 12.9. The van der Waals surface area contributed by atoms with Crippen LogP contribution in [0.1, 0.15) is 26.3 Å². The number of aliphatic hydroxyl groups excluding tert-OH is 1. The van der Waals surface area contributed by atoms with Crippen LogP contribution in [-0.4, -0.2) is 53.7 Å². The lowest BCUT2D eigenvalue weighted by Crippen LogP contribution is -2.63. The van der Waals surface area contributed by atoms with Gasteiger partial charge in [0, 0.05) is 18.4 Å². The summed E-state index contributed by atoms with van der Waals surface area (Å²) >= 11 is 0. The van der Waals surface area contributed by atoms with E-state index >= 15 is 0 Å². The second-order valence-corrected chi connectivity index (χ2v) is 7.33. The topological polar surface area (TPSA) is 102 Å². The first-order valence-electron chi connectivity index (χ1n) is 9.43. The smallest absolute Gasteiger partial charge is 0.355 e. The first-order chi connectivity index (χ1) is 13.8. The van der Waals surface area contributed by atoms with Crippen molar-refractivity contribution in [1.29, 1.82) is 0 Å². The zero-order chi connectivity index (χ0) is 21.3. The van der Waals surface area contributed by atoms with Gasteiger partial charge in [0.15, 0.2) is 0 Å². The molecule has 0 saturated carbocycles. The van der Waals surface area contributed by atoms with E-state index in [1.165, 1.54) is 11.8 Å². The third-order valence-electron chi connectivity index (χ3n) is 5.47. The average Bonchev–Trinajstić information content (AvgIpc) is 2.92. The number of benzene rings is 1. The highest BCUT2D eigenvalue weighted by Gasteiger charge is 2.60. The van der Waals surface area contributed by atoms with Crippen LogP contribution < -0.4 is 4.74 Å². The summed E-state index contributed by atoms with van der Waals surface area (Å²) in [7, 11) is 1.56. The van der Waals surface area contributed by atoms with Crippen LogP contribution in [0, 0.1) is 11.8 Å². The van der Waals surface area contributed by atoms with Crippen molar-refractivity contribution >= 4 is 17.8 Å². The largest absolute Gasteiger partial charge is 0.497 e. The van der Waals surface area contributed by atoms with Gasteiger partial charge in [-0.1, -0.05) is 19.1 Å². The Morgan fingerprint density at radius 3 is 2.38 bits per heavy atom. The predicted molar refractivity (Wildman–Crippen MR) is 101 cm³/mol. The lowest BCUT2D eigenvalue weighted by Gasteiger charge is -2.46. The number of amides is 1. The van der Waals surface area contributed by atoms with E-state index in [0.29, 0.717) is 11.3 Å². The highest BCUT2D eigenvalue weighted by atomic mass is 16.5. The van der Waals surface area contributed by atoms with E-state index in [1.54, 1.807) is 38.3 Å². The van der Waals surface area contributed by atoms with Gasteiger partial charge in [-0.25, -0.2) is 4.79 Å². The summed E-state index contributed by atoms with van der Waals surface area (Å²) in [5.41, 5.74) is 1.40. The highest BCUT2D eigenvalue weighted by molar-refractivity contribution is 6.00. The Hall–Kier alpha value is -2.87. The number of β-lactam (4-membered cyclic amide) rings is 1. The minimum atomic E-state index is -0.837. The molecule has 0 spiro atoms. The number of aliphatic hydroxyl groups is 1. The second kappa shape index (κ2) is 8.24. The number of nitrogens with zero attached hydrogens (tertiary/aromatic N) is 1. The number of carbonyl (C=O) groups is 3. The molecular weight excluding hydrogens is 378 g/mol. The molecule has 0 radical (unpaired) electrons. The van der Waals surface area contributed by atoms with Crippen LogP contribution >= 0.6 is 0 Å². The molecule has 4 atom stereocenters. The number of carbonyl (C=O) groups excluding carboxylic acids is 3. The molecule has 1 saturated heterocycles. The molecule has 0 aliphatic carbocycles. The van der Waals surface area contributed by atoms with Crippen molar-refractivity contribution in [3.05, 3.63) is 41.1 Å². The van der Waals surface area contributed by atoms with Crippen molar-refractivity contribution < 1.29 is 33.7 Å². The van der Waals surface area contributed by atoms with Crippen LogP contribution in [0.2, 0.25) is 0 Å². The Kier molecular flexibility index (Phi) is 5.93. The molecule has 8 nitrogen and oxygen atoms in total. The Morgan fingerprint density at radius 2 is 1.83 bits per heavy atom. The van der Waals surface area contributed by atoms with Crippen LogP contribution in [0.25, 0.3) is 0 Å². The normalized spacial score (nSPS) is 24.0. The summed E-state index contributed by atoms with van der Waals surface area (Å²) in [6.45, 7) is 4.60. The van der Waals surface area contributed by atoms with Gasteiger partial charge >= 0.3 is 11.9 Å². The number of hydrogen-bond donors (Lipinski definition) is 1. The fraction of sp³-hybridized carbons (Fsp3) is 0.476. The Labute approximate surface area is 169 Å². The van der Waals surface area contributed by atoms with Crippen molar-refractivity contribution in [1.82, 2.24) is 4.90 Å². The molecule has 29 heavy (non-hydrogen) atoms. The van der Waals surface area contributed by atoms with E-state index in [0.717, 1.165) is 5.56 Å². The third-order valence-corrected chi connectivity index (χ3v) is 5.47. The van der Waals surface area contributed by atoms with Gasteiger partial charge in [0.1, 0.15) is 24.7 Å². The fourth-order valence-electron chi connectivity index (χ4n) is 3.94. The van der Waals surface area contributed by atoms with Crippen molar-refractivity contribution in [3.63, 3.8) is 0 Å². The second-order valence-electron chi connectivity index (χ2n) is 7.33. The van der Waals surface area contributed by atoms with E-state index in [4.69, 9.17) is 14.2 Å². The van der Waals surface area contributed by atoms with Gasteiger partial charge in [-0.15, -0.1) is 0 Å². The van der Waals surface area contributed by atoms with Crippen LogP contribution in [0.3, 0.4) is 0 Å². The van der Waals surface area contributed by atoms with Gasteiger partial charge in [-0.3, -0.25) is 9.59 Å². The molecule has 1 fully saturated rings. The molecule has 1 N–H and O–H groups in total. The number of ether oxygens (including phenoxy) is 3. The Bertz CT molecular complexity index is 843. The van der Waals surface area contributed by atoms with E-state index in [2.05, 4.69) is 0 Å². The molecule has 0 aromatic heterocycles.